The van der Waals surface area contributed by atoms with E-state index in [4.69, 9.17) is 18.9 Å². The van der Waals surface area contributed by atoms with Crippen LogP contribution in [-0.2, 0) is 39.4 Å². The summed E-state index contributed by atoms with van der Waals surface area (Å²) < 4.78 is 76.1. The molecule has 2 fully saturated rings. The number of aromatic nitrogens is 3. The van der Waals surface area contributed by atoms with Crippen molar-refractivity contribution in [3.05, 3.63) is 94.6 Å². The first-order valence-electron chi connectivity index (χ1n) is 26.3. The number of halogens is 2. The zero-order chi connectivity index (χ0) is 58.6. The van der Waals surface area contributed by atoms with Gasteiger partial charge in [-0.3, -0.25) is 9.97 Å². The number of rotatable bonds is 11. The number of aryl methyl sites for hydroxylation is 4. The molecule has 5 heterocycles. The lowest BCUT2D eigenvalue weighted by atomic mass is 10.0. The van der Waals surface area contributed by atoms with Crippen molar-refractivity contribution in [2.24, 2.45) is 0 Å². The molecule has 22 nitrogen and oxygen atoms in total. The normalized spacial score (nSPS) is 14.2. The van der Waals surface area contributed by atoms with E-state index in [9.17, 15) is 36.0 Å². The Kier molecular flexibility index (Phi) is 25.2. The smallest absolute Gasteiger partial charge is 0.474 e. The fourth-order valence-electron chi connectivity index (χ4n) is 8.49. The van der Waals surface area contributed by atoms with E-state index in [0.717, 1.165) is 80.9 Å². The summed E-state index contributed by atoms with van der Waals surface area (Å²) in [5.74, 6) is -0.771. The van der Waals surface area contributed by atoms with Gasteiger partial charge in [-0.15, -0.1) is 20.8 Å². The van der Waals surface area contributed by atoms with Gasteiger partial charge in [-0.1, -0.05) is 3.97 Å². The highest BCUT2D eigenvalue weighted by atomic mass is 35.5. The Morgan fingerprint density at radius 3 is 1.54 bits per heavy atom. The summed E-state index contributed by atoms with van der Waals surface area (Å²) in [6, 6.07) is 11.5. The Morgan fingerprint density at radius 2 is 1.09 bits per heavy atom. The van der Waals surface area contributed by atoms with Crippen molar-refractivity contribution in [3.63, 3.8) is 0 Å². The van der Waals surface area contributed by atoms with E-state index in [1.54, 1.807) is 66.8 Å². The van der Waals surface area contributed by atoms with Gasteiger partial charge >= 0.3 is 44.5 Å². The van der Waals surface area contributed by atoms with Crippen LogP contribution >= 0.6 is 12.4 Å². The van der Waals surface area contributed by atoms with Crippen LogP contribution in [0.1, 0.15) is 111 Å². The summed E-state index contributed by atoms with van der Waals surface area (Å²) in [6.07, 6.45) is 5.40. The molecule has 0 atom stereocenters. The number of anilines is 3. The third-order valence-electron chi connectivity index (χ3n) is 12.5. The molecule has 7 rings (SSSR count). The van der Waals surface area contributed by atoms with E-state index in [2.05, 4.69) is 46.2 Å². The molecule has 0 radical (unpaired) electrons. The van der Waals surface area contributed by atoms with Gasteiger partial charge in [0.25, 0.3) is 0 Å². The molecule has 448 valence electrons. The van der Waals surface area contributed by atoms with Crippen LogP contribution in [-0.4, -0.2) is 146 Å². The first-order chi connectivity index (χ1) is 36.9. The van der Waals surface area contributed by atoms with Crippen LogP contribution in [0.3, 0.4) is 0 Å². The maximum absolute atomic E-state index is 12.8. The van der Waals surface area contributed by atoms with Crippen molar-refractivity contribution in [1.82, 2.24) is 29.0 Å². The lowest BCUT2D eigenvalue weighted by molar-refractivity contribution is -0.512. The Hall–Kier alpha value is -6.31. The molecular weight excluding hydrogens is 1130 g/mol. The molecule has 2 aliphatic heterocycles. The molecule has 3 aromatic heterocycles. The van der Waals surface area contributed by atoms with Gasteiger partial charge in [-0.25, -0.2) is 23.9 Å². The van der Waals surface area contributed by atoms with Crippen molar-refractivity contribution in [1.29, 1.82) is 0 Å². The zero-order valence-electron chi connectivity index (χ0n) is 48.9. The van der Waals surface area contributed by atoms with Crippen LogP contribution in [0.15, 0.2) is 61.2 Å². The number of esters is 2. The minimum Gasteiger partial charge on any atom is -1.00 e. The van der Waals surface area contributed by atoms with Crippen molar-refractivity contribution < 1.29 is 71.3 Å². The molecule has 2 aromatic carbocycles. The van der Waals surface area contributed by atoms with Crippen LogP contribution in [0.5, 0.6) is 0 Å². The number of hydrogen-bond acceptors (Lipinski definition) is 18. The number of fused-ring (bicyclic) bond motifs is 2. The van der Waals surface area contributed by atoms with Crippen LogP contribution in [0.4, 0.5) is 26.7 Å². The zero-order valence-corrected chi connectivity index (χ0v) is 52.1. The highest BCUT2D eigenvalue weighted by Gasteiger charge is 2.32. The SMILES string of the molecule is CCOC(=O)c1cnc2cc(C)c(C)cc2c1N1CCCN(S(=O)(=O)NC(=O)OC(C)(C)C)CC1.CCOC(=O)c1cnc2cc(C)c(C)cc2c1N1CCCNCC1.CN(C)c1cc[n+](S(=O)(=O)NC(=O)OC(C)(C)C)cc1.Cl.[Cl-]. The minimum atomic E-state index is -4.10. The highest BCUT2D eigenvalue weighted by Crippen LogP contribution is 2.34. The largest absolute Gasteiger partial charge is 1.00 e. The number of amides is 2. The van der Waals surface area contributed by atoms with E-state index in [1.807, 2.05) is 66.2 Å². The molecule has 0 unspecified atom stereocenters. The quantitative estimate of drug-likeness (QED) is 0.0951. The van der Waals surface area contributed by atoms with Crippen molar-refractivity contribution in [2.45, 2.75) is 107 Å². The number of nitrogens with one attached hydrogen (secondary N) is 3. The Morgan fingerprint density at radius 1 is 0.642 bits per heavy atom. The summed E-state index contributed by atoms with van der Waals surface area (Å²) in [5.41, 5.74) is 8.03. The molecule has 0 aliphatic carbocycles. The van der Waals surface area contributed by atoms with Gasteiger partial charge in [0.1, 0.15) is 22.3 Å². The van der Waals surface area contributed by atoms with Gasteiger partial charge in [-0.05, 0) is 149 Å². The third kappa shape index (κ3) is 19.4. The number of benzene rings is 2. The van der Waals surface area contributed by atoms with E-state index in [0.29, 0.717) is 42.9 Å². The Labute approximate surface area is 489 Å². The van der Waals surface area contributed by atoms with E-state index in [1.165, 1.54) is 34.0 Å². The van der Waals surface area contributed by atoms with Crippen LogP contribution in [0.25, 0.3) is 21.8 Å². The average Bonchev–Trinajstić information content (AvgIpc) is 3.78. The van der Waals surface area contributed by atoms with Gasteiger partial charge in [-0.2, -0.15) is 17.4 Å². The lowest BCUT2D eigenvalue weighted by Gasteiger charge is -2.27. The standard InChI is InChI=1S/C24H34N4O6S.C19H25N3O2.C12H19N3O4S.2ClH/c1-7-33-22(29)19-15-25-20-14-17(3)16(2)13-18(20)21(19)27-9-8-10-28(12-11-27)35(31,32)26-23(30)34-24(4,5)6;1-4-24-19(23)16-12-21-17-11-14(3)13(2)10-15(17)18(16)22-8-5-6-20-7-9-22;1-12(2,3)19-11(16)13-20(17,18)15-8-6-10(7-9-15)14(4)5;;/h13-15H,7-12H2,1-6H3,(H,26,30);10-12,20H,4-9H2,1-3H3;6-9H,1-5H3;2*1H. The molecule has 0 saturated carbocycles. The molecule has 2 aliphatic rings. The Bertz CT molecular complexity index is 3220. The van der Waals surface area contributed by atoms with Crippen molar-refractivity contribution in [3.8, 4) is 0 Å². The summed E-state index contributed by atoms with van der Waals surface area (Å²) in [6.45, 7) is 27.1. The number of carbonyl (C=O) groups is 4. The molecule has 5 aromatic rings. The molecule has 0 spiro atoms. The molecule has 81 heavy (non-hydrogen) atoms. The maximum atomic E-state index is 12.8. The summed E-state index contributed by atoms with van der Waals surface area (Å²) in [7, 11) is -4.42. The van der Waals surface area contributed by atoms with Gasteiger partial charge in [0.05, 0.1) is 35.6 Å². The fourth-order valence-corrected chi connectivity index (χ4v) is 10.4. The van der Waals surface area contributed by atoms with Crippen LogP contribution < -0.4 is 45.8 Å². The number of pyridine rings is 3. The molecule has 26 heteroatoms. The molecule has 2 saturated heterocycles. The number of carbonyl (C=O) groups excluding carboxylic acids is 4. The molecule has 2 amide bonds. The second-order valence-corrected chi connectivity index (χ2v) is 24.5. The van der Waals surface area contributed by atoms with Crippen molar-refractivity contribution in [2.75, 3.05) is 94.4 Å². The highest BCUT2D eigenvalue weighted by molar-refractivity contribution is 7.87. The third-order valence-corrected chi connectivity index (χ3v) is 15.2. The number of nitrogens with zero attached hydrogens (tertiary/aromatic N) is 7. The lowest BCUT2D eigenvalue weighted by Crippen LogP contribution is -3.00. The number of hydrogen-bond donors (Lipinski definition) is 3. The van der Waals surface area contributed by atoms with Gasteiger partial charge in [0, 0.05) is 101 Å². The number of ether oxygens (including phenoxy) is 4. The molecular formula is C55H80Cl2N10O12S2. The Balaban J connectivity index is 0.000000330. The second kappa shape index (κ2) is 29.6. The maximum Gasteiger partial charge on any atom is 0.474 e. The van der Waals surface area contributed by atoms with E-state index in [-0.39, 0.29) is 50.5 Å². The fraction of sp³-hybridized carbons (Fsp3) is 0.509. The first-order valence-corrected chi connectivity index (χ1v) is 29.1. The topological polar surface area (TPSA) is 252 Å². The monoisotopic (exact) mass is 1210 g/mol. The summed E-state index contributed by atoms with van der Waals surface area (Å²) in [5, 5.41) is 5.26. The average molecular weight is 1210 g/mol. The van der Waals surface area contributed by atoms with Crippen LogP contribution in [0, 0.1) is 27.7 Å². The second-order valence-electron chi connectivity index (χ2n) is 21.2. The molecule has 0 bridgehead atoms. The minimum absolute atomic E-state index is 0. The van der Waals surface area contributed by atoms with Gasteiger partial charge in [0.2, 0.25) is 0 Å². The first kappa shape index (κ1) is 69.0. The van der Waals surface area contributed by atoms with Gasteiger partial charge in [0.15, 0.2) is 12.4 Å². The van der Waals surface area contributed by atoms with E-state index < -0.39 is 49.8 Å². The predicted molar refractivity (Wildman–Crippen MR) is 313 cm³/mol. The van der Waals surface area contributed by atoms with Gasteiger partial charge < -0.3 is 51.4 Å². The molecule has 3 N–H and O–H groups in total. The van der Waals surface area contributed by atoms with Crippen molar-refractivity contribution >= 4 is 95.8 Å². The van der Waals surface area contributed by atoms with E-state index >= 15 is 0 Å². The summed E-state index contributed by atoms with van der Waals surface area (Å²) >= 11 is 0. The summed E-state index contributed by atoms with van der Waals surface area (Å²) in [4.78, 5) is 64.0. The predicted octanol–water partition coefficient (Wildman–Crippen LogP) is 4.22. The van der Waals surface area contributed by atoms with Crippen LogP contribution in [0.2, 0.25) is 0 Å².